The van der Waals surface area contributed by atoms with Crippen molar-refractivity contribution in [2.75, 3.05) is 10.9 Å². The maximum absolute atomic E-state index is 10.1. The van der Waals surface area contributed by atoms with Gasteiger partial charge in [0.1, 0.15) is 17.4 Å². The number of carbonyl (C=O) groups excluding carboxylic acids is 1. The monoisotopic (exact) mass is 682 g/mol. The van der Waals surface area contributed by atoms with E-state index in [0.717, 1.165) is 23.1 Å². The van der Waals surface area contributed by atoms with Gasteiger partial charge in [-0.15, -0.1) is 0 Å². The standard InChI is InChI=1S/C10H15N3.C10H12N2.C5H7N3.C5H10O.CH4.2ClH.Zn/c1-8(2)9(3)12-13-10-6-4-5-7-11-10;1-7-10(2,3)8-5-4-6-11-9(8)12-7;6-8-5-3-1-2-4-7-5;1-4(2)5(3)6;;;;/h4-8H,1-3H3,(H,11,13);4-6H,1-3H3;1-4H,6H2,(H,7,8);4H,1-3H3;1H4;2*1H;/q;;;;;;;+2/p-2/b12-9+;;;;;;;. The number of aliphatic imine (C=N–C) groups is 1. The van der Waals surface area contributed by atoms with Crippen molar-refractivity contribution in [2.45, 2.75) is 75.2 Å². The predicted molar refractivity (Wildman–Crippen MR) is 182 cm³/mol. The number of nitrogens with two attached hydrogens (primary N) is 1. The molecule has 3 aromatic heterocycles. The van der Waals surface area contributed by atoms with Crippen molar-refractivity contribution in [1.82, 2.24) is 15.0 Å². The van der Waals surface area contributed by atoms with E-state index in [9.17, 15) is 4.79 Å². The summed E-state index contributed by atoms with van der Waals surface area (Å²) in [6, 6.07) is 15.2. The Morgan fingerprint density at radius 1 is 0.884 bits per heavy atom. The number of halogens is 2. The molecule has 0 saturated heterocycles. The Morgan fingerprint density at radius 3 is 1.74 bits per heavy atom. The zero-order valence-electron chi connectivity index (χ0n) is 26.2. The van der Waals surface area contributed by atoms with Gasteiger partial charge in [0.2, 0.25) is 0 Å². The van der Waals surface area contributed by atoms with Crippen molar-refractivity contribution in [3.8, 4) is 0 Å². The van der Waals surface area contributed by atoms with E-state index in [-0.39, 0.29) is 24.5 Å². The van der Waals surface area contributed by atoms with Crippen LogP contribution in [0, 0.1) is 11.8 Å². The Bertz CT molecular complexity index is 1220. The number of ketones is 1. The number of carbonyl (C=O) groups is 1. The van der Waals surface area contributed by atoms with Gasteiger partial charge in [0, 0.05) is 46.9 Å². The second-order valence-electron chi connectivity index (χ2n) is 10.2. The number of Topliss-reactive ketones (excluding diaryl/α,β-unsaturated/α-hetero) is 1. The van der Waals surface area contributed by atoms with E-state index in [2.05, 4.69) is 76.6 Å². The summed E-state index contributed by atoms with van der Waals surface area (Å²) in [5.74, 6) is 8.33. The van der Waals surface area contributed by atoms with E-state index >= 15 is 0 Å². The van der Waals surface area contributed by atoms with Gasteiger partial charge in [0.25, 0.3) is 0 Å². The molecule has 0 fully saturated rings. The number of rotatable bonds is 5. The first-order chi connectivity index (χ1) is 19.8. The Morgan fingerprint density at radius 2 is 1.37 bits per heavy atom. The van der Waals surface area contributed by atoms with E-state index in [0.29, 0.717) is 11.7 Å². The molecule has 9 nitrogen and oxygen atoms in total. The number of fused-ring (bicyclic) bond motifs is 1. The maximum atomic E-state index is 10.1. The van der Waals surface area contributed by atoms with Gasteiger partial charge in [-0.3, -0.25) is 10.2 Å². The van der Waals surface area contributed by atoms with Gasteiger partial charge in [-0.1, -0.05) is 67.2 Å². The molecule has 0 saturated carbocycles. The molecular formula is C31H48Cl2N8OZn. The Kier molecular flexibility index (Phi) is 23.3. The number of nitrogens with zero attached hydrogens (tertiary/aromatic N) is 5. The number of nitrogen functional groups attached to an aromatic ring is 1. The van der Waals surface area contributed by atoms with E-state index in [4.69, 9.17) is 25.2 Å². The van der Waals surface area contributed by atoms with Crippen molar-refractivity contribution < 1.29 is 19.9 Å². The molecule has 0 aliphatic carbocycles. The molecule has 4 N–H and O–H groups in total. The molecule has 1 aliphatic rings. The SMILES string of the molecule is C.C/C(=N\Nc1ccccn1)C(C)C.CC(=O)C(C)C.CC1=Nc2ncccc2C1(C)C.NNc1ccccn1.[Cl][Zn][Cl]. The average molecular weight is 685 g/mol. The first-order valence-corrected chi connectivity index (χ1v) is 21.3. The molecular weight excluding hydrogens is 637 g/mol. The number of hydrogen-bond acceptors (Lipinski definition) is 9. The van der Waals surface area contributed by atoms with Gasteiger partial charge in [-0.05, 0) is 57.0 Å². The molecule has 0 aromatic carbocycles. The van der Waals surface area contributed by atoms with Crippen molar-refractivity contribution in [1.29, 1.82) is 0 Å². The van der Waals surface area contributed by atoms with Crippen LogP contribution in [-0.4, -0.2) is 32.2 Å². The molecule has 4 rings (SSSR count). The molecule has 4 heterocycles. The summed E-state index contributed by atoms with van der Waals surface area (Å²) < 4.78 is 0. The fourth-order valence-corrected chi connectivity index (χ4v) is 2.62. The van der Waals surface area contributed by atoms with Crippen LogP contribution in [0.1, 0.15) is 75.3 Å². The molecule has 3 aromatic rings. The van der Waals surface area contributed by atoms with Crippen LogP contribution in [0.25, 0.3) is 0 Å². The quantitative estimate of drug-likeness (QED) is 0.106. The first-order valence-electron chi connectivity index (χ1n) is 13.5. The molecule has 0 radical (unpaired) electrons. The number of hydrazone groups is 1. The number of pyridine rings is 3. The van der Waals surface area contributed by atoms with Gasteiger partial charge < -0.3 is 5.43 Å². The van der Waals surface area contributed by atoms with E-state index in [1.165, 1.54) is 5.56 Å². The van der Waals surface area contributed by atoms with E-state index in [1.54, 1.807) is 31.6 Å². The van der Waals surface area contributed by atoms with Gasteiger partial charge in [0.05, 0.1) is 0 Å². The summed E-state index contributed by atoms with van der Waals surface area (Å²) in [6.45, 7) is 18.0. The van der Waals surface area contributed by atoms with Crippen molar-refractivity contribution >= 4 is 54.0 Å². The zero-order valence-corrected chi connectivity index (χ0v) is 30.7. The van der Waals surface area contributed by atoms with Gasteiger partial charge in [-0.2, -0.15) is 5.10 Å². The van der Waals surface area contributed by atoms with Gasteiger partial charge in [0.15, 0.2) is 5.82 Å². The van der Waals surface area contributed by atoms with Crippen LogP contribution in [0.15, 0.2) is 77.2 Å². The van der Waals surface area contributed by atoms with Crippen LogP contribution < -0.4 is 16.7 Å². The molecule has 1 aliphatic heterocycles. The Hall–Kier alpha value is -2.78. The third kappa shape index (κ3) is 17.8. The Labute approximate surface area is 274 Å². The number of hydrogen-bond donors (Lipinski definition) is 3. The van der Waals surface area contributed by atoms with E-state index in [1.807, 2.05) is 57.2 Å². The second kappa shape index (κ2) is 23.7. The van der Waals surface area contributed by atoms with Gasteiger partial charge in [-0.25, -0.2) is 25.8 Å². The van der Waals surface area contributed by atoms with E-state index < -0.39 is 15.1 Å². The summed E-state index contributed by atoms with van der Waals surface area (Å²) in [5, 5.41) is 4.20. The molecule has 0 atom stereocenters. The second-order valence-corrected chi connectivity index (χ2v) is 14.8. The van der Waals surface area contributed by atoms with Crippen LogP contribution in [0.2, 0.25) is 0 Å². The summed E-state index contributed by atoms with van der Waals surface area (Å²) in [4.78, 5) is 26.7. The fourth-order valence-electron chi connectivity index (χ4n) is 2.62. The summed E-state index contributed by atoms with van der Waals surface area (Å²) in [6.07, 6.45) is 5.20. The Balaban J connectivity index is 0. The third-order valence-corrected chi connectivity index (χ3v) is 6.11. The normalized spacial score (nSPS) is 12.0. The third-order valence-electron chi connectivity index (χ3n) is 6.11. The number of aromatic nitrogens is 3. The minimum absolute atomic E-state index is 0. The predicted octanol–water partition coefficient (Wildman–Crippen LogP) is 8.60. The summed E-state index contributed by atoms with van der Waals surface area (Å²) in [7, 11) is 9.90. The molecule has 12 heteroatoms. The summed E-state index contributed by atoms with van der Waals surface area (Å²) >= 11 is -0.931. The molecule has 0 amide bonds. The average Bonchev–Trinajstić information content (AvgIpc) is 3.21. The van der Waals surface area contributed by atoms with Crippen molar-refractivity contribution in [3.63, 3.8) is 0 Å². The zero-order chi connectivity index (χ0) is 32.1. The number of hydrazine groups is 1. The fraction of sp³-hybridized carbons (Fsp3) is 0.419. The van der Waals surface area contributed by atoms with Crippen molar-refractivity contribution in [2.24, 2.45) is 27.8 Å². The van der Waals surface area contributed by atoms with Crippen LogP contribution in [-0.2, 0) is 25.4 Å². The van der Waals surface area contributed by atoms with Crippen LogP contribution in [0.4, 0.5) is 17.5 Å². The molecule has 43 heavy (non-hydrogen) atoms. The number of nitrogens with one attached hydrogen (secondary N) is 2. The van der Waals surface area contributed by atoms with Gasteiger partial charge >= 0.3 is 34.5 Å². The number of anilines is 2. The molecule has 234 valence electrons. The summed E-state index contributed by atoms with van der Waals surface area (Å²) in [5.41, 5.74) is 8.85. The van der Waals surface area contributed by atoms with Crippen LogP contribution >= 0.6 is 19.4 Å². The van der Waals surface area contributed by atoms with Crippen LogP contribution in [0.5, 0.6) is 0 Å². The molecule has 0 bridgehead atoms. The minimum atomic E-state index is -0.931. The molecule has 0 unspecified atom stereocenters. The molecule has 0 spiro atoms. The first kappa shape index (κ1) is 42.4. The van der Waals surface area contributed by atoms with Crippen molar-refractivity contribution in [3.05, 3.63) is 72.7 Å². The topological polar surface area (TPSA) is 131 Å². The van der Waals surface area contributed by atoms with Crippen LogP contribution in [0.3, 0.4) is 0 Å².